The van der Waals surface area contributed by atoms with E-state index in [1.165, 1.54) is 36.9 Å². The number of halogens is 6. The van der Waals surface area contributed by atoms with Crippen molar-refractivity contribution in [3.63, 3.8) is 0 Å². The van der Waals surface area contributed by atoms with Crippen molar-refractivity contribution in [3.8, 4) is 0 Å². The summed E-state index contributed by atoms with van der Waals surface area (Å²) < 4.78 is 41.2. The van der Waals surface area contributed by atoms with Gasteiger partial charge in [-0.05, 0) is 68.4 Å². The van der Waals surface area contributed by atoms with E-state index in [1.54, 1.807) is 17.5 Å². The van der Waals surface area contributed by atoms with E-state index in [0.29, 0.717) is 17.0 Å². The minimum Gasteiger partial charge on any atom is -0.347 e. The summed E-state index contributed by atoms with van der Waals surface area (Å²) in [6.45, 7) is 1.43. The SMILES string of the molecule is CC(=O)NCSc1ccc(C2=CSC(c3cc(Cl)cc(Cl)c3)(C(F)(F)F)C2)cc1Br. The largest absolute Gasteiger partial charge is 0.407 e. The normalized spacial score (nSPS) is 19.0. The number of rotatable bonds is 5. The first-order valence-corrected chi connectivity index (χ1v) is 12.0. The minimum absolute atomic E-state index is 0.0327. The molecule has 0 saturated carbocycles. The first-order valence-electron chi connectivity index (χ1n) is 8.59. The van der Waals surface area contributed by atoms with E-state index in [-0.39, 0.29) is 27.9 Å². The lowest BCUT2D eigenvalue weighted by Crippen LogP contribution is -2.37. The van der Waals surface area contributed by atoms with E-state index in [4.69, 9.17) is 23.2 Å². The number of amides is 1. The summed E-state index contributed by atoms with van der Waals surface area (Å²) in [6, 6.07) is 9.45. The maximum atomic E-state index is 14.2. The van der Waals surface area contributed by atoms with Gasteiger partial charge in [-0.1, -0.05) is 29.3 Å². The van der Waals surface area contributed by atoms with Gasteiger partial charge in [-0.3, -0.25) is 4.79 Å². The van der Waals surface area contributed by atoms with Crippen molar-refractivity contribution in [1.82, 2.24) is 5.32 Å². The molecule has 10 heteroatoms. The van der Waals surface area contributed by atoms with Gasteiger partial charge in [0.1, 0.15) is 4.75 Å². The lowest BCUT2D eigenvalue weighted by molar-refractivity contribution is -0.160. The van der Waals surface area contributed by atoms with Crippen LogP contribution in [0.3, 0.4) is 0 Å². The fraction of sp³-hybridized carbons (Fsp3) is 0.250. The highest BCUT2D eigenvalue weighted by Gasteiger charge is 2.58. The summed E-state index contributed by atoms with van der Waals surface area (Å²) in [6.07, 6.45) is -4.74. The second kappa shape index (κ2) is 9.36. The van der Waals surface area contributed by atoms with Crippen LogP contribution >= 0.6 is 62.7 Å². The van der Waals surface area contributed by atoms with E-state index < -0.39 is 10.9 Å². The van der Waals surface area contributed by atoms with Crippen LogP contribution < -0.4 is 5.32 Å². The zero-order valence-corrected chi connectivity index (χ0v) is 20.2. The quantitative estimate of drug-likeness (QED) is 0.300. The van der Waals surface area contributed by atoms with Gasteiger partial charge < -0.3 is 5.32 Å². The molecule has 1 unspecified atom stereocenters. The zero-order chi connectivity index (χ0) is 22.1. The van der Waals surface area contributed by atoms with Crippen LogP contribution in [0.25, 0.3) is 5.57 Å². The summed E-state index contributed by atoms with van der Waals surface area (Å²) in [7, 11) is 0. The maximum Gasteiger partial charge on any atom is 0.407 e. The van der Waals surface area contributed by atoms with Gasteiger partial charge in [0, 0.05) is 32.8 Å². The summed E-state index contributed by atoms with van der Waals surface area (Å²) in [5, 5.41) is 4.57. The molecule has 1 heterocycles. The van der Waals surface area contributed by atoms with Gasteiger partial charge in [-0.15, -0.1) is 23.5 Å². The van der Waals surface area contributed by atoms with Crippen molar-refractivity contribution in [1.29, 1.82) is 0 Å². The molecule has 0 radical (unpaired) electrons. The number of alkyl halides is 3. The number of benzene rings is 2. The Morgan fingerprint density at radius 2 is 1.90 bits per heavy atom. The van der Waals surface area contributed by atoms with Gasteiger partial charge >= 0.3 is 6.18 Å². The molecule has 160 valence electrons. The predicted molar refractivity (Wildman–Crippen MR) is 123 cm³/mol. The number of carbonyl (C=O) groups excluding carboxylic acids is 1. The van der Waals surface area contributed by atoms with Crippen molar-refractivity contribution >= 4 is 74.1 Å². The number of carbonyl (C=O) groups is 1. The smallest absolute Gasteiger partial charge is 0.347 e. The first kappa shape index (κ1) is 23.9. The molecule has 1 atom stereocenters. The molecule has 0 aliphatic carbocycles. The third-order valence-electron chi connectivity index (χ3n) is 4.48. The molecule has 2 nitrogen and oxygen atoms in total. The van der Waals surface area contributed by atoms with Crippen LogP contribution in [0.4, 0.5) is 13.2 Å². The number of thioether (sulfide) groups is 2. The van der Waals surface area contributed by atoms with E-state index in [2.05, 4.69) is 21.2 Å². The molecule has 3 rings (SSSR count). The third kappa shape index (κ3) is 5.15. The number of hydrogen-bond acceptors (Lipinski definition) is 3. The molecule has 2 aromatic rings. The Bertz CT molecular complexity index is 996. The van der Waals surface area contributed by atoms with Crippen LogP contribution in [0.5, 0.6) is 0 Å². The summed E-state index contributed by atoms with van der Waals surface area (Å²) in [4.78, 5) is 11.9. The lowest BCUT2D eigenvalue weighted by atomic mass is 9.88. The van der Waals surface area contributed by atoms with Gasteiger partial charge in [-0.25, -0.2) is 0 Å². The second-order valence-electron chi connectivity index (χ2n) is 6.59. The monoisotopic (exact) mass is 555 g/mol. The van der Waals surface area contributed by atoms with Crippen molar-refractivity contribution in [3.05, 3.63) is 67.5 Å². The second-order valence-corrected chi connectivity index (χ2v) is 10.5. The first-order chi connectivity index (χ1) is 14.0. The molecule has 1 amide bonds. The van der Waals surface area contributed by atoms with Crippen LogP contribution in [-0.4, -0.2) is 18.0 Å². The molecule has 1 N–H and O–H groups in total. The Kier molecular flexibility index (Phi) is 7.45. The standard InChI is InChI=1S/C20H15BrCl2F3NOS2/c1-11(28)27-10-29-18-3-2-12(4-17(18)21)13-8-19(30-9-13,20(24,25)26)14-5-15(22)7-16(23)6-14/h2-7,9H,8,10H2,1H3,(H,27,28). The Morgan fingerprint density at radius 3 is 2.47 bits per heavy atom. The Balaban J connectivity index is 1.87. The molecule has 0 saturated heterocycles. The highest BCUT2D eigenvalue weighted by Crippen LogP contribution is 2.60. The maximum absolute atomic E-state index is 14.2. The fourth-order valence-electron chi connectivity index (χ4n) is 3.01. The summed E-state index contributed by atoms with van der Waals surface area (Å²) >= 11 is 17.6. The van der Waals surface area contributed by atoms with Gasteiger partial charge in [-0.2, -0.15) is 13.2 Å². The van der Waals surface area contributed by atoms with Crippen LogP contribution in [0, 0.1) is 0 Å². The Labute approximate surface area is 199 Å². The lowest BCUT2D eigenvalue weighted by Gasteiger charge is -2.32. The van der Waals surface area contributed by atoms with Crippen LogP contribution in [0.2, 0.25) is 10.0 Å². The Hall–Kier alpha value is -0.800. The molecule has 0 aromatic heterocycles. The minimum atomic E-state index is -4.50. The van der Waals surface area contributed by atoms with Gasteiger partial charge in [0.15, 0.2) is 0 Å². The third-order valence-corrected chi connectivity index (χ3v) is 8.21. The fourth-order valence-corrected chi connectivity index (χ4v) is 6.24. The number of nitrogens with one attached hydrogen (secondary N) is 1. The van der Waals surface area contributed by atoms with Gasteiger partial charge in [0.05, 0.1) is 5.88 Å². The summed E-state index contributed by atoms with van der Waals surface area (Å²) in [5.74, 6) is 0.270. The number of hydrogen-bond donors (Lipinski definition) is 1. The molecule has 0 fully saturated rings. The topological polar surface area (TPSA) is 29.1 Å². The van der Waals surface area contributed by atoms with Crippen molar-refractivity contribution in [2.24, 2.45) is 0 Å². The zero-order valence-electron chi connectivity index (χ0n) is 15.4. The molecule has 1 aliphatic heterocycles. The molecule has 1 aliphatic rings. The van der Waals surface area contributed by atoms with Crippen molar-refractivity contribution in [2.75, 3.05) is 5.88 Å². The van der Waals surface area contributed by atoms with Crippen LogP contribution in [0.15, 0.2) is 51.2 Å². The molecule has 2 aromatic carbocycles. The molecule has 0 bridgehead atoms. The van der Waals surface area contributed by atoms with Crippen LogP contribution in [0.1, 0.15) is 24.5 Å². The average Bonchev–Trinajstić information content (AvgIpc) is 3.09. The average molecular weight is 557 g/mol. The van der Waals surface area contributed by atoms with E-state index in [9.17, 15) is 18.0 Å². The van der Waals surface area contributed by atoms with E-state index >= 15 is 0 Å². The van der Waals surface area contributed by atoms with Crippen LogP contribution in [-0.2, 0) is 9.54 Å². The highest BCUT2D eigenvalue weighted by atomic mass is 79.9. The van der Waals surface area contributed by atoms with Gasteiger partial charge in [0.25, 0.3) is 0 Å². The molecular formula is C20H15BrCl2F3NOS2. The van der Waals surface area contributed by atoms with E-state index in [0.717, 1.165) is 21.1 Å². The number of allylic oxidation sites excluding steroid dienone is 1. The van der Waals surface area contributed by atoms with Crippen molar-refractivity contribution in [2.45, 2.75) is 29.2 Å². The highest BCUT2D eigenvalue weighted by molar-refractivity contribution is 9.10. The Morgan fingerprint density at radius 1 is 1.23 bits per heavy atom. The summed E-state index contributed by atoms with van der Waals surface area (Å²) in [5.41, 5.74) is 1.30. The van der Waals surface area contributed by atoms with Gasteiger partial charge in [0.2, 0.25) is 5.91 Å². The van der Waals surface area contributed by atoms with E-state index in [1.807, 2.05) is 6.07 Å². The predicted octanol–water partition coefficient (Wildman–Crippen LogP) is 7.88. The molecular weight excluding hydrogens is 542 g/mol. The van der Waals surface area contributed by atoms with Crippen molar-refractivity contribution < 1.29 is 18.0 Å². The molecule has 30 heavy (non-hydrogen) atoms. The molecule has 0 spiro atoms.